The van der Waals surface area contributed by atoms with E-state index in [0.717, 1.165) is 18.4 Å². The van der Waals surface area contributed by atoms with Gasteiger partial charge in [0.25, 0.3) is 0 Å². The molecule has 1 aromatic carbocycles. The van der Waals surface area contributed by atoms with Gasteiger partial charge in [-0.1, -0.05) is 0 Å². The summed E-state index contributed by atoms with van der Waals surface area (Å²) in [6.45, 7) is 0.464. The second kappa shape index (κ2) is 5.82. The highest BCUT2D eigenvalue weighted by molar-refractivity contribution is 5.80. The summed E-state index contributed by atoms with van der Waals surface area (Å²) in [5, 5.41) is 2.91. The Kier molecular flexibility index (Phi) is 4.14. The maximum Gasteiger partial charge on any atom is 0.223 e. The summed E-state index contributed by atoms with van der Waals surface area (Å²) in [5.41, 5.74) is 0.920. The Bertz CT molecular complexity index is 444. The highest BCUT2D eigenvalue weighted by Gasteiger charge is 2.29. The number of methoxy groups -OCH3 is 3. The minimum Gasteiger partial charge on any atom is -0.493 e. The molecule has 1 fully saturated rings. The van der Waals surface area contributed by atoms with Gasteiger partial charge in [0.2, 0.25) is 11.7 Å². The quantitative estimate of drug-likeness (QED) is 0.851. The molecule has 5 heteroatoms. The monoisotopic (exact) mass is 265 g/mol. The summed E-state index contributed by atoms with van der Waals surface area (Å²) in [6, 6.07) is 3.68. The predicted molar refractivity (Wildman–Crippen MR) is 70.7 cm³/mol. The Hall–Kier alpha value is -1.91. The summed E-state index contributed by atoms with van der Waals surface area (Å²) < 4.78 is 15.8. The summed E-state index contributed by atoms with van der Waals surface area (Å²) in [5.74, 6) is 2.08. The van der Waals surface area contributed by atoms with Gasteiger partial charge in [-0.05, 0) is 30.5 Å². The fraction of sp³-hybridized carbons (Fsp3) is 0.500. The van der Waals surface area contributed by atoms with E-state index in [-0.39, 0.29) is 11.8 Å². The van der Waals surface area contributed by atoms with Crippen LogP contribution in [-0.4, -0.2) is 27.2 Å². The maximum absolute atomic E-state index is 11.6. The van der Waals surface area contributed by atoms with Crippen LogP contribution in [0.4, 0.5) is 0 Å². The minimum absolute atomic E-state index is 0.119. The summed E-state index contributed by atoms with van der Waals surface area (Å²) in [7, 11) is 4.71. The molecule has 0 aromatic heterocycles. The second-order valence-corrected chi connectivity index (χ2v) is 4.53. The van der Waals surface area contributed by atoms with Crippen LogP contribution in [0.3, 0.4) is 0 Å². The number of hydrogen-bond acceptors (Lipinski definition) is 4. The van der Waals surface area contributed by atoms with Gasteiger partial charge in [-0.2, -0.15) is 0 Å². The molecule has 0 bridgehead atoms. The highest BCUT2D eigenvalue weighted by atomic mass is 16.5. The SMILES string of the molecule is COc1cc(CNC(=O)C2CC2)cc(OC)c1OC. The van der Waals surface area contributed by atoms with Gasteiger partial charge in [0.15, 0.2) is 11.5 Å². The number of rotatable bonds is 6. The lowest BCUT2D eigenvalue weighted by atomic mass is 10.1. The van der Waals surface area contributed by atoms with Gasteiger partial charge in [0.1, 0.15) is 0 Å². The maximum atomic E-state index is 11.6. The molecule has 0 aliphatic heterocycles. The highest BCUT2D eigenvalue weighted by Crippen LogP contribution is 2.38. The predicted octanol–water partition coefficient (Wildman–Crippen LogP) is 1.74. The number of benzene rings is 1. The molecule has 0 radical (unpaired) electrons. The molecule has 0 spiro atoms. The lowest BCUT2D eigenvalue weighted by molar-refractivity contribution is -0.122. The topological polar surface area (TPSA) is 56.8 Å². The molecule has 104 valence electrons. The number of ether oxygens (including phenoxy) is 3. The number of carbonyl (C=O) groups is 1. The van der Waals surface area contributed by atoms with E-state index in [9.17, 15) is 4.79 Å². The Morgan fingerprint density at radius 1 is 1.16 bits per heavy atom. The van der Waals surface area contributed by atoms with Crippen molar-refractivity contribution in [3.05, 3.63) is 17.7 Å². The van der Waals surface area contributed by atoms with E-state index < -0.39 is 0 Å². The molecular weight excluding hydrogens is 246 g/mol. The van der Waals surface area contributed by atoms with Crippen LogP contribution in [0.15, 0.2) is 12.1 Å². The molecule has 1 amide bonds. The van der Waals surface area contributed by atoms with Gasteiger partial charge in [-0.3, -0.25) is 4.79 Å². The summed E-state index contributed by atoms with van der Waals surface area (Å²) in [4.78, 5) is 11.6. The fourth-order valence-corrected chi connectivity index (χ4v) is 1.92. The molecule has 1 aliphatic rings. The smallest absolute Gasteiger partial charge is 0.223 e. The van der Waals surface area contributed by atoms with Crippen LogP contribution >= 0.6 is 0 Å². The Morgan fingerprint density at radius 2 is 1.74 bits per heavy atom. The van der Waals surface area contributed by atoms with Crippen molar-refractivity contribution in [1.29, 1.82) is 0 Å². The zero-order chi connectivity index (χ0) is 13.8. The van der Waals surface area contributed by atoms with Crippen molar-refractivity contribution in [3.8, 4) is 17.2 Å². The normalized spacial score (nSPS) is 13.8. The summed E-state index contributed by atoms with van der Waals surface area (Å²) in [6.07, 6.45) is 2.00. The molecule has 2 rings (SSSR count). The Morgan fingerprint density at radius 3 is 2.16 bits per heavy atom. The first-order valence-corrected chi connectivity index (χ1v) is 6.26. The van der Waals surface area contributed by atoms with Gasteiger partial charge in [-0.25, -0.2) is 0 Å². The molecule has 19 heavy (non-hydrogen) atoms. The zero-order valence-corrected chi connectivity index (χ0v) is 11.5. The van der Waals surface area contributed by atoms with Gasteiger partial charge < -0.3 is 19.5 Å². The van der Waals surface area contributed by atoms with Gasteiger partial charge in [-0.15, -0.1) is 0 Å². The Balaban J connectivity index is 2.13. The van der Waals surface area contributed by atoms with Crippen LogP contribution in [-0.2, 0) is 11.3 Å². The van der Waals surface area contributed by atoms with E-state index in [1.807, 2.05) is 12.1 Å². The molecular formula is C14H19NO4. The molecule has 0 heterocycles. The molecule has 1 aliphatic carbocycles. The third-order valence-corrected chi connectivity index (χ3v) is 3.14. The average molecular weight is 265 g/mol. The van der Waals surface area contributed by atoms with Gasteiger partial charge in [0.05, 0.1) is 21.3 Å². The lowest BCUT2D eigenvalue weighted by Crippen LogP contribution is -2.24. The van der Waals surface area contributed by atoms with Crippen LogP contribution in [0.5, 0.6) is 17.2 Å². The van der Waals surface area contributed by atoms with Crippen LogP contribution in [0.25, 0.3) is 0 Å². The van der Waals surface area contributed by atoms with Crippen LogP contribution in [0, 0.1) is 5.92 Å². The first kappa shape index (κ1) is 13.5. The zero-order valence-electron chi connectivity index (χ0n) is 11.5. The van der Waals surface area contributed by atoms with Crippen molar-refractivity contribution in [2.75, 3.05) is 21.3 Å². The van der Waals surface area contributed by atoms with Gasteiger partial charge >= 0.3 is 0 Å². The molecule has 1 saturated carbocycles. The molecule has 0 saturated heterocycles. The van der Waals surface area contributed by atoms with Crippen molar-refractivity contribution in [1.82, 2.24) is 5.32 Å². The lowest BCUT2D eigenvalue weighted by Gasteiger charge is -2.14. The van der Waals surface area contributed by atoms with E-state index in [1.165, 1.54) is 0 Å². The average Bonchev–Trinajstić information content (AvgIpc) is 3.27. The van der Waals surface area contributed by atoms with Crippen LogP contribution in [0.1, 0.15) is 18.4 Å². The number of hydrogen-bond donors (Lipinski definition) is 1. The van der Waals surface area contributed by atoms with Crippen LogP contribution < -0.4 is 19.5 Å². The Labute approximate surface area is 112 Å². The third-order valence-electron chi connectivity index (χ3n) is 3.14. The first-order valence-electron chi connectivity index (χ1n) is 6.26. The number of carbonyl (C=O) groups excluding carboxylic acids is 1. The summed E-state index contributed by atoms with van der Waals surface area (Å²) >= 11 is 0. The number of nitrogens with one attached hydrogen (secondary N) is 1. The molecule has 5 nitrogen and oxygen atoms in total. The van der Waals surface area contributed by atoms with E-state index in [2.05, 4.69) is 5.32 Å². The van der Waals surface area contributed by atoms with Crippen molar-refractivity contribution in [2.45, 2.75) is 19.4 Å². The van der Waals surface area contributed by atoms with Gasteiger partial charge in [0, 0.05) is 12.5 Å². The molecule has 0 unspecified atom stereocenters. The first-order chi connectivity index (χ1) is 9.19. The molecule has 0 atom stereocenters. The standard InChI is InChI=1S/C14H19NO4/c1-17-11-6-9(7-12(18-2)13(11)19-3)8-15-14(16)10-4-5-10/h6-7,10H,4-5,8H2,1-3H3,(H,15,16). The van der Waals surface area contributed by atoms with E-state index >= 15 is 0 Å². The second-order valence-electron chi connectivity index (χ2n) is 4.53. The largest absolute Gasteiger partial charge is 0.493 e. The van der Waals surface area contributed by atoms with Crippen molar-refractivity contribution >= 4 is 5.91 Å². The third kappa shape index (κ3) is 3.10. The number of amides is 1. The van der Waals surface area contributed by atoms with E-state index in [0.29, 0.717) is 23.8 Å². The van der Waals surface area contributed by atoms with E-state index in [4.69, 9.17) is 14.2 Å². The van der Waals surface area contributed by atoms with Crippen molar-refractivity contribution in [2.24, 2.45) is 5.92 Å². The fourth-order valence-electron chi connectivity index (χ4n) is 1.92. The van der Waals surface area contributed by atoms with Crippen molar-refractivity contribution in [3.63, 3.8) is 0 Å². The van der Waals surface area contributed by atoms with E-state index in [1.54, 1.807) is 21.3 Å². The molecule has 1 aromatic rings. The van der Waals surface area contributed by atoms with Crippen molar-refractivity contribution < 1.29 is 19.0 Å². The minimum atomic E-state index is 0.119. The molecule has 1 N–H and O–H groups in total. The van der Waals surface area contributed by atoms with Crippen LogP contribution in [0.2, 0.25) is 0 Å².